The molecule has 1 aromatic rings. The molecule has 1 aromatic carbocycles. The monoisotopic (exact) mass is 294 g/mol. The molecule has 1 saturated carbocycles. The molecule has 0 bridgehead atoms. The lowest BCUT2D eigenvalue weighted by Gasteiger charge is -2.32. The minimum Gasteiger partial charge on any atom is -0.355 e. The lowest BCUT2D eigenvalue weighted by atomic mass is 9.88. The fraction of sp³-hybridized carbons (Fsp3) is 0.562. The van der Waals surface area contributed by atoms with E-state index in [0.717, 1.165) is 19.6 Å². The Morgan fingerprint density at radius 3 is 2.50 bits per heavy atom. The standard InChI is InChI=1S/C16H22N2O.ClH/c1-12(13-9-17-10-13)15(19)18-11-16(7-8-16)14-5-3-2-4-6-14;/h2-6,12-13,17H,7-11H2,1H3,(H,18,19);1H. The average Bonchev–Trinajstić information content (AvgIpc) is 3.16. The van der Waals surface area contributed by atoms with Gasteiger partial charge in [0.05, 0.1) is 0 Å². The molecule has 1 heterocycles. The second-order valence-electron chi connectivity index (χ2n) is 6.07. The number of benzene rings is 1. The Labute approximate surface area is 126 Å². The normalized spacial score (nSPS) is 21.2. The molecule has 2 fully saturated rings. The second kappa shape index (κ2) is 6.15. The van der Waals surface area contributed by atoms with Crippen molar-refractivity contribution in [2.45, 2.75) is 25.2 Å². The third kappa shape index (κ3) is 2.99. The first-order valence-corrected chi connectivity index (χ1v) is 7.25. The summed E-state index contributed by atoms with van der Waals surface area (Å²) in [7, 11) is 0. The van der Waals surface area contributed by atoms with Gasteiger partial charge >= 0.3 is 0 Å². The van der Waals surface area contributed by atoms with Crippen molar-refractivity contribution in [3.05, 3.63) is 35.9 Å². The molecule has 3 rings (SSSR count). The highest BCUT2D eigenvalue weighted by Crippen LogP contribution is 2.47. The molecule has 0 aromatic heterocycles. The zero-order valence-electron chi connectivity index (χ0n) is 11.9. The van der Waals surface area contributed by atoms with Crippen molar-refractivity contribution >= 4 is 18.3 Å². The third-order valence-corrected chi connectivity index (χ3v) is 4.77. The molecule has 1 aliphatic carbocycles. The topological polar surface area (TPSA) is 41.1 Å². The van der Waals surface area contributed by atoms with E-state index in [1.807, 2.05) is 13.0 Å². The van der Waals surface area contributed by atoms with Gasteiger partial charge in [0.25, 0.3) is 0 Å². The smallest absolute Gasteiger partial charge is 0.223 e. The number of hydrogen-bond acceptors (Lipinski definition) is 2. The number of nitrogens with one attached hydrogen (secondary N) is 2. The molecule has 1 saturated heterocycles. The van der Waals surface area contributed by atoms with E-state index in [-0.39, 0.29) is 29.6 Å². The van der Waals surface area contributed by atoms with Crippen LogP contribution in [-0.2, 0) is 10.2 Å². The van der Waals surface area contributed by atoms with Crippen LogP contribution in [0.15, 0.2) is 30.3 Å². The maximum absolute atomic E-state index is 12.1. The van der Waals surface area contributed by atoms with Crippen LogP contribution in [0.3, 0.4) is 0 Å². The Balaban J connectivity index is 0.00000147. The first kappa shape index (κ1) is 15.3. The van der Waals surface area contributed by atoms with Crippen LogP contribution in [0.2, 0.25) is 0 Å². The van der Waals surface area contributed by atoms with Crippen LogP contribution in [-0.4, -0.2) is 25.5 Å². The van der Waals surface area contributed by atoms with Gasteiger partial charge in [-0.3, -0.25) is 4.79 Å². The Bertz CT molecular complexity index is 455. The Morgan fingerprint density at radius 2 is 2.00 bits per heavy atom. The van der Waals surface area contributed by atoms with Crippen LogP contribution < -0.4 is 10.6 Å². The van der Waals surface area contributed by atoms with Gasteiger partial charge < -0.3 is 10.6 Å². The largest absolute Gasteiger partial charge is 0.355 e. The first-order chi connectivity index (χ1) is 9.21. The maximum Gasteiger partial charge on any atom is 0.223 e. The van der Waals surface area contributed by atoms with E-state index in [0.29, 0.717) is 5.92 Å². The molecular formula is C16H23ClN2O. The Morgan fingerprint density at radius 1 is 1.35 bits per heavy atom. The van der Waals surface area contributed by atoms with Gasteiger partial charge in [-0.15, -0.1) is 12.4 Å². The summed E-state index contributed by atoms with van der Waals surface area (Å²) in [6.45, 7) is 4.81. The molecule has 20 heavy (non-hydrogen) atoms. The zero-order valence-corrected chi connectivity index (χ0v) is 12.7. The summed E-state index contributed by atoms with van der Waals surface area (Å²) < 4.78 is 0. The molecule has 3 nitrogen and oxygen atoms in total. The van der Waals surface area contributed by atoms with Crippen molar-refractivity contribution in [3.8, 4) is 0 Å². The van der Waals surface area contributed by atoms with Crippen LogP contribution in [0.5, 0.6) is 0 Å². The molecule has 0 radical (unpaired) electrons. The number of amides is 1. The molecule has 2 aliphatic rings. The van der Waals surface area contributed by atoms with Crippen LogP contribution >= 0.6 is 12.4 Å². The molecule has 1 amide bonds. The lowest BCUT2D eigenvalue weighted by molar-refractivity contribution is -0.126. The van der Waals surface area contributed by atoms with Gasteiger partial charge in [-0.25, -0.2) is 0 Å². The van der Waals surface area contributed by atoms with E-state index < -0.39 is 0 Å². The SMILES string of the molecule is CC(C(=O)NCC1(c2ccccc2)CC1)C1CNC1.Cl. The molecular weight excluding hydrogens is 272 g/mol. The highest BCUT2D eigenvalue weighted by molar-refractivity contribution is 5.85. The van der Waals surface area contributed by atoms with E-state index in [9.17, 15) is 4.79 Å². The van der Waals surface area contributed by atoms with Gasteiger partial charge in [-0.05, 0) is 37.4 Å². The fourth-order valence-corrected chi connectivity index (χ4v) is 2.81. The summed E-state index contributed by atoms with van der Waals surface area (Å²) in [6.07, 6.45) is 2.38. The number of rotatable bonds is 5. The van der Waals surface area contributed by atoms with E-state index in [4.69, 9.17) is 0 Å². The first-order valence-electron chi connectivity index (χ1n) is 7.25. The van der Waals surface area contributed by atoms with Crippen molar-refractivity contribution in [1.82, 2.24) is 10.6 Å². The summed E-state index contributed by atoms with van der Waals surface area (Å²) in [6, 6.07) is 10.6. The quantitative estimate of drug-likeness (QED) is 0.873. The third-order valence-electron chi connectivity index (χ3n) is 4.77. The molecule has 1 atom stereocenters. The minimum atomic E-state index is 0. The van der Waals surface area contributed by atoms with Crippen molar-refractivity contribution in [2.24, 2.45) is 11.8 Å². The molecule has 110 valence electrons. The van der Waals surface area contributed by atoms with E-state index in [1.54, 1.807) is 0 Å². The number of carbonyl (C=O) groups excluding carboxylic acids is 1. The summed E-state index contributed by atoms with van der Waals surface area (Å²) in [4.78, 5) is 12.1. The van der Waals surface area contributed by atoms with Crippen LogP contribution in [0.1, 0.15) is 25.3 Å². The molecule has 2 N–H and O–H groups in total. The second-order valence-corrected chi connectivity index (χ2v) is 6.07. The van der Waals surface area contributed by atoms with Gasteiger partial charge in [0.15, 0.2) is 0 Å². The van der Waals surface area contributed by atoms with Crippen LogP contribution in [0.4, 0.5) is 0 Å². The number of carbonyl (C=O) groups is 1. The maximum atomic E-state index is 12.1. The van der Waals surface area contributed by atoms with Crippen molar-refractivity contribution in [3.63, 3.8) is 0 Å². The summed E-state index contributed by atoms with van der Waals surface area (Å²) in [5.41, 5.74) is 1.59. The average molecular weight is 295 g/mol. The molecule has 0 spiro atoms. The lowest BCUT2D eigenvalue weighted by Crippen LogP contribution is -2.50. The minimum absolute atomic E-state index is 0. The van der Waals surface area contributed by atoms with Gasteiger partial charge in [0.1, 0.15) is 0 Å². The Hall–Kier alpha value is -1.06. The predicted octanol–water partition coefficient (Wildman–Crippen LogP) is 2.11. The predicted molar refractivity (Wildman–Crippen MR) is 83.1 cm³/mol. The molecule has 1 unspecified atom stereocenters. The van der Waals surface area contributed by atoms with Crippen LogP contribution in [0, 0.1) is 11.8 Å². The molecule has 4 heteroatoms. The zero-order chi connectivity index (χ0) is 13.3. The van der Waals surface area contributed by atoms with Crippen molar-refractivity contribution < 1.29 is 4.79 Å². The van der Waals surface area contributed by atoms with Crippen LogP contribution in [0.25, 0.3) is 0 Å². The number of halogens is 1. The highest BCUT2D eigenvalue weighted by Gasteiger charge is 2.44. The van der Waals surface area contributed by atoms with Crippen molar-refractivity contribution in [2.75, 3.05) is 19.6 Å². The van der Waals surface area contributed by atoms with Crippen molar-refractivity contribution in [1.29, 1.82) is 0 Å². The highest BCUT2D eigenvalue weighted by atomic mass is 35.5. The van der Waals surface area contributed by atoms with Gasteiger partial charge in [-0.2, -0.15) is 0 Å². The number of hydrogen-bond donors (Lipinski definition) is 2. The summed E-state index contributed by atoms with van der Waals surface area (Å²) in [5, 5.41) is 6.39. The van der Waals surface area contributed by atoms with Gasteiger partial charge in [0, 0.05) is 17.9 Å². The summed E-state index contributed by atoms with van der Waals surface area (Å²) in [5.74, 6) is 0.869. The molecule has 1 aliphatic heterocycles. The van der Waals surface area contributed by atoms with E-state index in [2.05, 4.69) is 34.9 Å². The van der Waals surface area contributed by atoms with E-state index >= 15 is 0 Å². The van der Waals surface area contributed by atoms with Gasteiger partial charge in [0.2, 0.25) is 5.91 Å². The van der Waals surface area contributed by atoms with Gasteiger partial charge in [-0.1, -0.05) is 37.3 Å². The van der Waals surface area contributed by atoms with E-state index in [1.165, 1.54) is 18.4 Å². The Kier molecular flexibility index (Phi) is 4.71. The summed E-state index contributed by atoms with van der Waals surface area (Å²) >= 11 is 0. The fourth-order valence-electron chi connectivity index (χ4n) is 2.81.